The van der Waals surface area contributed by atoms with Gasteiger partial charge in [-0.05, 0) is 38.0 Å². The van der Waals surface area contributed by atoms with Gasteiger partial charge in [0.1, 0.15) is 5.75 Å². The fourth-order valence-corrected chi connectivity index (χ4v) is 3.44. The lowest BCUT2D eigenvalue weighted by Gasteiger charge is -2.41. The SMILES string of the molecule is CC(=O)Oc1ccc2c3c([nH]c2c1)C(C)(C)N(C(C)=O)CC3. The third-order valence-electron chi connectivity index (χ3n) is 4.39. The van der Waals surface area contributed by atoms with Crippen molar-refractivity contribution in [2.75, 3.05) is 6.54 Å². The minimum absolute atomic E-state index is 0.0786. The fourth-order valence-electron chi connectivity index (χ4n) is 3.44. The van der Waals surface area contributed by atoms with Gasteiger partial charge in [0, 0.05) is 43.1 Å². The monoisotopic (exact) mass is 300 g/mol. The number of fused-ring (bicyclic) bond motifs is 3. The predicted molar refractivity (Wildman–Crippen MR) is 83.7 cm³/mol. The van der Waals surface area contributed by atoms with E-state index in [1.54, 1.807) is 6.92 Å². The molecule has 5 heteroatoms. The Morgan fingerprint density at radius 3 is 2.64 bits per heavy atom. The summed E-state index contributed by atoms with van der Waals surface area (Å²) in [5.41, 5.74) is 2.86. The van der Waals surface area contributed by atoms with Crippen LogP contribution in [0.2, 0.25) is 0 Å². The highest BCUT2D eigenvalue weighted by Gasteiger charge is 2.38. The van der Waals surface area contributed by atoms with Crippen LogP contribution in [0.25, 0.3) is 10.9 Å². The van der Waals surface area contributed by atoms with E-state index in [0.717, 1.165) is 23.0 Å². The number of carbonyl (C=O) groups is 2. The first-order valence-corrected chi connectivity index (χ1v) is 7.42. The lowest BCUT2D eigenvalue weighted by atomic mass is 9.88. The normalized spacial score (nSPS) is 16.5. The van der Waals surface area contributed by atoms with Crippen LogP contribution in [-0.2, 0) is 21.5 Å². The first kappa shape index (κ1) is 14.6. The summed E-state index contributed by atoms with van der Waals surface area (Å²) >= 11 is 0. The quantitative estimate of drug-likeness (QED) is 0.650. The van der Waals surface area contributed by atoms with Gasteiger partial charge in [0.2, 0.25) is 5.91 Å². The highest BCUT2D eigenvalue weighted by molar-refractivity contribution is 5.88. The van der Waals surface area contributed by atoms with E-state index in [4.69, 9.17) is 4.74 Å². The van der Waals surface area contributed by atoms with Crippen molar-refractivity contribution in [3.8, 4) is 5.75 Å². The van der Waals surface area contributed by atoms with Crippen LogP contribution in [0, 0.1) is 0 Å². The topological polar surface area (TPSA) is 62.4 Å². The van der Waals surface area contributed by atoms with Gasteiger partial charge in [0.25, 0.3) is 0 Å². The minimum Gasteiger partial charge on any atom is -0.427 e. The largest absolute Gasteiger partial charge is 0.427 e. The van der Waals surface area contributed by atoms with Crippen LogP contribution in [0.15, 0.2) is 18.2 Å². The molecule has 116 valence electrons. The molecule has 0 saturated carbocycles. The molecule has 3 rings (SSSR count). The molecule has 22 heavy (non-hydrogen) atoms. The van der Waals surface area contributed by atoms with Gasteiger partial charge in [-0.15, -0.1) is 0 Å². The van der Waals surface area contributed by atoms with Crippen molar-refractivity contribution >= 4 is 22.8 Å². The molecule has 0 bridgehead atoms. The van der Waals surface area contributed by atoms with E-state index in [2.05, 4.69) is 18.8 Å². The number of esters is 1. The van der Waals surface area contributed by atoms with Crippen molar-refractivity contribution in [1.29, 1.82) is 0 Å². The zero-order valence-corrected chi connectivity index (χ0v) is 13.3. The summed E-state index contributed by atoms with van der Waals surface area (Å²) in [4.78, 5) is 28.3. The van der Waals surface area contributed by atoms with Crippen molar-refractivity contribution in [3.05, 3.63) is 29.5 Å². The number of H-pyrrole nitrogens is 1. The molecule has 1 aliphatic heterocycles. The van der Waals surface area contributed by atoms with Gasteiger partial charge in [-0.3, -0.25) is 9.59 Å². The van der Waals surface area contributed by atoms with Crippen LogP contribution in [0.3, 0.4) is 0 Å². The number of amides is 1. The summed E-state index contributed by atoms with van der Waals surface area (Å²) in [6.45, 7) is 7.81. The van der Waals surface area contributed by atoms with Crippen molar-refractivity contribution in [3.63, 3.8) is 0 Å². The van der Waals surface area contributed by atoms with Crippen LogP contribution >= 0.6 is 0 Å². The molecule has 0 aliphatic carbocycles. The second-order valence-electron chi connectivity index (χ2n) is 6.26. The Balaban J connectivity index is 2.12. The molecular formula is C17H20N2O3. The Hall–Kier alpha value is -2.30. The van der Waals surface area contributed by atoms with Gasteiger partial charge in [-0.2, -0.15) is 0 Å². The number of carbonyl (C=O) groups excluding carboxylic acids is 2. The summed E-state index contributed by atoms with van der Waals surface area (Å²) < 4.78 is 5.14. The molecule has 0 spiro atoms. The van der Waals surface area contributed by atoms with Crippen molar-refractivity contribution in [1.82, 2.24) is 9.88 Å². The third kappa shape index (κ3) is 2.17. The summed E-state index contributed by atoms with van der Waals surface area (Å²) in [6, 6.07) is 5.62. The maximum absolute atomic E-state index is 11.9. The van der Waals surface area contributed by atoms with Crippen LogP contribution < -0.4 is 4.74 Å². The summed E-state index contributed by atoms with van der Waals surface area (Å²) in [5.74, 6) is 0.272. The molecule has 5 nitrogen and oxygen atoms in total. The number of aromatic amines is 1. The van der Waals surface area contributed by atoms with E-state index in [9.17, 15) is 9.59 Å². The maximum atomic E-state index is 11.9. The molecule has 0 fully saturated rings. The van der Waals surface area contributed by atoms with Gasteiger partial charge in [0.05, 0.1) is 5.54 Å². The molecule has 2 aromatic rings. The van der Waals surface area contributed by atoms with E-state index in [1.165, 1.54) is 12.5 Å². The lowest BCUT2D eigenvalue weighted by Crippen LogP contribution is -2.49. The zero-order valence-electron chi connectivity index (χ0n) is 13.3. The van der Waals surface area contributed by atoms with Crippen LogP contribution in [0.5, 0.6) is 5.75 Å². The van der Waals surface area contributed by atoms with Gasteiger partial charge < -0.3 is 14.6 Å². The van der Waals surface area contributed by atoms with Gasteiger partial charge in [-0.25, -0.2) is 0 Å². The lowest BCUT2D eigenvalue weighted by molar-refractivity contribution is -0.135. The number of hydrogen-bond donors (Lipinski definition) is 1. The summed E-state index contributed by atoms with van der Waals surface area (Å²) in [6.07, 6.45) is 0.825. The first-order valence-electron chi connectivity index (χ1n) is 7.42. The molecule has 1 N–H and O–H groups in total. The molecule has 1 aromatic carbocycles. The van der Waals surface area contributed by atoms with Crippen molar-refractivity contribution in [2.24, 2.45) is 0 Å². The predicted octanol–water partition coefficient (Wildman–Crippen LogP) is 2.73. The molecule has 1 aromatic heterocycles. The van der Waals surface area contributed by atoms with Crippen molar-refractivity contribution < 1.29 is 14.3 Å². The Bertz CT molecular complexity index is 774. The Kier molecular flexibility index (Phi) is 3.24. The molecule has 2 heterocycles. The highest BCUT2D eigenvalue weighted by Crippen LogP contribution is 2.39. The molecule has 0 saturated heterocycles. The molecular weight excluding hydrogens is 280 g/mol. The number of nitrogens with zero attached hydrogens (tertiary/aromatic N) is 1. The summed E-state index contributed by atoms with van der Waals surface area (Å²) in [7, 11) is 0. The van der Waals surface area contributed by atoms with E-state index < -0.39 is 0 Å². The van der Waals surface area contributed by atoms with Gasteiger partial charge >= 0.3 is 5.97 Å². The third-order valence-corrected chi connectivity index (χ3v) is 4.39. The van der Waals surface area contributed by atoms with Crippen LogP contribution in [0.4, 0.5) is 0 Å². The number of rotatable bonds is 1. The average Bonchev–Trinajstić information content (AvgIpc) is 2.76. The second-order valence-corrected chi connectivity index (χ2v) is 6.26. The molecule has 0 atom stereocenters. The standard InChI is InChI=1S/C17H20N2O3/c1-10(20)19-8-7-14-13-6-5-12(22-11(2)21)9-15(13)18-16(14)17(19,3)4/h5-6,9,18H,7-8H2,1-4H3. The molecule has 0 radical (unpaired) electrons. The first-order chi connectivity index (χ1) is 10.3. The zero-order chi connectivity index (χ0) is 16.1. The van der Waals surface area contributed by atoms with Crippen molar-refractivity contribution in [2.45, 2.75) is 39.7 Å². The second kappa shape index (κ2) is 4.87. The van der Waals surface area contributed by atoms with E-state index in [-0.39, 0.29) is 17.4 Å². The number of hydrogen-bond acceptors (Lipinski definition) is 3. The van der Waals surface area contributed by atoms with Gasteiger partial charge in [0.15, 0.2) is 0 Å². The number of ether oxygens (including phenoxy) is 1. The number of benzene rings is 1. The van der Waals surface area contributed by atoms with E-state index >= 15 is 0 Å². The highest BCUT2D eigenvalue weighted by atomic mass is 16.5. The maximum Gasteiger partial charge on any atom is 0.308 e. The smallest absolute Gasteiger partial charge is 0.308 e. The Morgan fingerprint density at radius 2 is 2.00 bits per heavy atom. The number of aromatic nitrogens is 1. The van der Waals surface area contributed by atoms with E-state index in [1.807, 2.05) is 23.1 Å². The molecule has 1 amide bonds. The average molecular weight is 300 g/mol. The van der Waals surface area contributed by atoms with Crippen LogP contribution in [0.1, 0.15) is 39.0 Å². The van der Waals surface area contributed by atoms with Crippen LogP contribution in [-0.4, -0.2) is 28.3 Å². The van der Waals surface area contributed by atoms with Gasteiger partial charge in [-0.1, -0.05) is 0 Å². The minimum atomic E-state index is -0.375. The van der Waals surface area contributed by atoms with E-state index in [0.29, 0.717) is 12.3 Å². The molecule has 0 unspecified atom stereocenters. The number of nitrogens with one attached hydrogen (secondary N) is 1. The Morgan fingerprint density at radius 1 is 1.27 bits per heavy atom. The fraction of sp³-hybridized carbons (Fsp3) is 0.412. The molecule has 1 aliphatic rings. The summed E-state index contributed by atoms with van der Waals surface area (Å²) in [5, 5.41) is 1.13. The Labute approximate surface area is 129 Å².